The summed E-state index contributed by atoms with van der Waals surface area (Å²) < 4.78 is 5.11. The molecule has 1 aliphatic heterocycles. The van der Waals surface area contributed by atoms with E-state index in [9.17, 15) is 14.4 Å². The molecule has 2 N–H and O–H groups in total. The van der Waals surface area contributed by atoms with Crippen molar-refractivity contribution in [3.8, 4) is 0 Å². The van der Waals surface area contributed by atoms with Gasteiger partial charge in [0, 0.05) is 29.9 Å². The van der Waals surface area contributed by atoms with Gasteiger partial charge in [-0.1, -0.05) is 13.8 Å². The molecule has 4 bridgehead atoms. The highest BCUT2D eigenvalue weighted by Crippen LogP contribution is 2.66. The van der Waals surface area contributed by atoms with Crippen LogP contribution in [0.2, 0.25) is 0 Å². The summed E-state index contributed by atoms with van der Waals surface area (Å²) in [7, 11) is 0. The van der Waals surface area contributed by atoms with E-state index in [1.165, 1.54) is 19.3 Å². The highest BCUT2D eigenvalue weighted by atomic mass is 16.5. The van der Waals surface area contributed by atoms with Gasteiger partial charge in [-0.3, -0.25) is 9.59 Å². The summed E-state index contributed by atoms with van der Waals surface area (Å²) in [6, 6.07) is 6.96. The van der Waals surface area contributed by atoms with Gasteiger partial charge in [-0.25, -0.2) is 4.79 Å². The van der Waals surface area contributed by atoms with Gasteiger partial charge in [-0.2, -0.15) is 0 Å². The van der Waals surface area contributed by atoms with Crippen molar-refractivity contribution >= 4 is 23.6 Å². The number of anilines is 1. The van der Waals surface area contributed by atoms with Crippen LogP contribution < -0.4 is 10.6 Å². The summed E-state index contributed by atoms with van der Waals surface area (Å²) in [6.45, 7) is 8.09. The van der Waals surface area contributed by atoms with Gasteiger partial charge < -0.3 is 20.3 Å². The van der Waals surface area contributed by atoms with Crippen molar-refractivity contribution in [1.82, 2.24) is 10.2 Å². The van der Waals surface area contributed by atoms with E-state index in [4.69, 9.17) is 4.74 Å². The van der Waals surface area contributed by atoms with Crippen LogP contribution in [0.4, 0.5) is 10.5 Å². The van der Waals surface area contributed by atoms with E-state index in [1.807, 2.05) is 6.92 Å². The lowest BCUT2D eigenvalue weighted by atomic mass is 9.43. The molecule has 7 heteroatoms. The summed E-state index contributed by atoms with van der Waals surface area (Å²) in [5.41, 5.74) is 1.86. The standard InChI is InChI=1S/C28H39N3O4/c1-4-35-24(33)21-9-11-31(12-10-21)23(32)20-5-7-22(8-6-20)29-25(34)30-28-15-19-13-26(2,17-28)16-27(3,14-19)18-28/h5-8,19,21H,4,9-18H2,1-3H3,(H2,29,30,34). The number of hydrogen-bond acceptors (Lipinski definition) is 4. The summed E-state index contributed by atoms with van der Waals surface area (Å²) in [4.78, 5) is 39.6. The molecule has 1 aromatic carbocycles. The minimum atomic E-state index is -0.162. The van der Waals surface area contributed by atoms with Crippen molar-refractivity contribution in [2.24, 2.45) is 22.7 Å². The van der Waals surface area contributed by atoms with E-state index < -0.39 is 0 Å². The second-order valence-electron chi connectivity index (χ2n) is 12.4. The molecule has 2 unspecified atom stereocenters. The Bertz CT molecular complexity index is 980. The lowest BCUT2D eigenvalue weighted by molar-refractivity contribution is -0.149. The number of hydrogen-bond donors (Lipinski definition) is 2. The van der Waals surface area contributed by atoms with Crippen molar-refractivity contribution < 1.29 is 19.1 Å². The molecule has 1 saturated heterocycles. The van der Waals surface area contributed by atoms with Crippen LogP contribution in [0.1, 0.15) is 82.5 Å². The van der Waals surface area contributed by atoms with Crippen molar-refractivity contribution in [2.75, 3.05) is 25.0 Å². The summed E-state index contributed by atoms with van der Waals surface area (Å²) in [6.07, 6.45) is 8.35. The zero-order chi connectivity index (χ0) is 24.8. The Labute approximate surface area is 208 Å². The molecule has 35 heavy (non-hydrogen) atoms. The number of likely N-dealkylation sites (tertiary alicyclic amines) is 1. The minimum Gasteiger partial charge on any atom is -0.466 e. The fourth-order valence-corrected chi connectivity index (χ4v) is 8.45. The molecule has 4 saturated carbocycles. The number of rotatable bonds is 5. The molecule has 2 atom stereocenters. The molecule has 190 valence electrons. The van der Waals surface area contributed by atoms with Gasteiger partial charge in [0.05, 0.1) is 12.5 Å². The third-order valence-corrected chi connectivity index (χ3v) is 8.80. The highest BCUT2D eigenvalue weighted by Gasteiger charge is 2.60. The topological polar surface area (TPSA) is 87.7 Å². The van der Waals surface area contributed by atoms with E-state index in [-0.39, 0.29) is 29.4 Å². The first-order valence-corrected chi connectivity index (χ1v) is 13.3. The molecule has 1 heterocycles. The van der Waals surface area contributed by atoms with Gasteiger partial charge >= 0.3 is 12.0 Å². The summed E-state index contributed by atoms with van der Waals surface area (Å²) in [5.74, 6) is 0.390. The predicted octanol–water partition coefficient (Wildman–Crippen LogP) is 4.97. The number of piperidine rings is 1. The molecule has 6 rings (SSSR count). The smallest absolute Gasteiger partial charge is 0.319 e. The molecule has 5 fully saturated rings. The second-order valence-corrected chi connectivity index (χ2v) is 12.4. The Morgan fingerprint density at radius 2 is 1.60 bits per heavy atom. The maximum atomic E-state index is 13.0. The molecule has 4 aliphatic carbocycles. The van der Waals surface area contributed by atoms with Crippen LogP contribution in [0.3, 0.4) is 0 Å². The van der Waals surface area contributed by atoms with E-state index in [1.54, 1.807) is 29.2 Å². The average Bonchev–Trinajstić information content (AvgIpc) is 2.76. The lowest BCUT2D eigenvalue weighted by Crippen LogP contribution is -2.65. The predicted molar refractivity (Wildman–Crippen MR) is 134 cm³/mol. The number of amides is 3. The molecule has 0 aromatic heterocycles. The Morgan fingerprint density at radius 3 is 2.17 bits per heavy atom. The van der Waals surface area contributed by atoms with Gasteiger partial charge in [-0.05, 0) is 99.3 Å². The number of ether oxygens (including phenoxy) is 1. The van der Waals surface area contributed by atoms with E-state index >= 15 is 0 Å². The number of esters is 1. The van der Waals surface area contributed by atoms with Crippen molar-refractivity contribution in [3.63, 3.8) is 0 Å². The fraction of sp³-hybridized carbons (Fsp3) is 0.679. The summed E-state index contributed by atoms with van der Waals surface area (Å²) >= 11 is 0. The molecule has 3 amide bonds. The van der Waals surface area contributed by atoms with Crippen LogP contribution in [-0.2, 0) is 9.53 Å². The zero-order valence-corrected chi connectivity index (χ0v) is 21.3. The first-order valence-electron chi connectivity index (χ1n) is 13.3. The summed E-state index contributed by atoms with van der Waals surface area (Å²) in [5, 5.41) is 6.36. The van der Waals surface area contributed by atoms with E-state index in [2.05, 4.69) is 24.5 Å². The first-order chi connectivity index (χ1) is 16.6. The Hall–Kier alpha value is -2.57. The molecular weight excluding hydrogens is 442 g/mol. The number of benzene rings is 1. The third kappa shape index (κ3) is 4.91. The average molecular weight is 482 g/mol. The molecule has 0 radical (unpaired) electrons. The lowest BCUT2D eigenvalue weighted by Gasteiger charge is -2.65. The molecule has 0 spiro atoms. The van der Waals surface area contributed by atoms with Gasteiger partial charge in [-0.15, -0.1) is 0 Å². The van der Waals surface area contributed by atoms with Crippen molar-refractivity contribution in [1.29, 1.82) is 0 Å². The van der Waals surface area contributed by atoms with Crippen LogP contribution in [-0.4, -0.2) is 48.0 Å². The van der Waals surface area contributed by atoms with Crippen molar-refractivity contribution in [2.45, 2.75) is 77.7 Å². The van der Waals surface area contributed by atoms with Crippen molar-refractivity contribution in [3.05, 3.63) is 29.8 Å². The van der Waals surface area contributed by atoms with Gasteiger partial charge in [0.2, 0.25) is 0 Å². The maximum absolute atomic E-state index is 13.0. The Balaban J connectivity index is 1.15. The quantitative estimate of drug-likeness (QED) is 0.581. The van der Waals surface area contributed by atoms with Crippen LogP contribution in [0.15, 0.2) is 24.3 Å². The van der Waals surface area contributed by atoms with E-state index in [0.717, 1.165) is 19.3 Å². The maximum Gasteiger partial charge on any atom is 0.319 e. The van der Waals surface area contributed by atoms with Crippen LogP contribution >= 0.6 is 0 Å². The third-order valence-electron chi connectivity index (χ3n) is 8.80. The monoisotopic (exact) mass is 481 g/mol. The van der Waals surface area contributed by atoms with Gasteiger partial charge in [0.1, 0.15) is 0 Å². The SMILES string of the molecule is CCOC(=O)C1CCN(C(=O)c2ccc(NC(=O)NC34CC5CC(C)(CC(C)(C5)C3)C4)cc2)CC1. The van der Waals surface area contributed by atoms with Gasteiger partial charge in [0.15, 0.2) is 0 Å². The van der Waals surface area contributed by atoms with Gasteiger partial charge in [0.25, 0.3) is 5.91 Å². The normalized spacial score (nSPS) is 33.9. The molecule has 5 aliphatic rings. The highest BCUT2D eigenvalue weighted by molar-refractivity contribution is 5.95. The number of carbonyl (C=O) groups excluding carboxylic acids is 3. The first kappa shape index (κ1) is 24.1. The Morgan fingerprint density at radius 1 is 0.971 bits per heavy atom. The zero-order valence-electron chi connectivity index (χ0n) is 21.3. The number of carbonyl (C=O) groups is 3. The second kappa shape index (κ2) is 8.82. The largest absolute Gasteiger partial charge is 0.466 e. The minimum absolute atomic E-state index is 0.0432. The molecule has 1 aromatic rings. The van der Waals surface area contributed by atoms with E-state index in [0.29, 0.717) is 60.5 Å². The number of urea groups is 1. The molecule has 7 nitrogen and oxygen atoms in total. The number of nitrogens with zero attached hydrogens (tertiary/aromatic N) is 1. The molecular formula is C28H39N3O4. The van der Waals surface area contributed by atoms with Crippen LogP contribution in [0.5, 0.6) is 0 Å². The van der Waals surface area contributed by atoms with Crippen LogP contribution in [0.25, 0.3) is 0 Å². The fourth-order valence-electron chi connectivity index (χ4n) is 8.45. The number of nitrogens with one attached hydrogen (secondary N) is 2. The van der Waals surface area contributed by atoms with Crippen LogP contribution in [0, 0.1) is 22.7 Å². The Kier molecular flexibility index (Phi) is 6.09.